The van der Waals surface area contributed by atoms with E-state index in [-0.39, 0.29) is 5.75 Å². The number of hydrogen-bond acceptors (Lipinski definition) is 3. The second-order valence-corrected chi connectivity index (χ2v) is 4.25. The van der Waals surface area contributed by atoms with Crippen LogP contribution in [-0.4, -0.2) is 22.4 Å². The predicted octanol–water partition coefficient (Wildman–Crippen LogP) is 2.38. The van der Waals surface area contributed by atoms with Gasteiger partial charge in [0.05, 0.1) is 5.92 Å². The quantitative estimate of drug-likeness (QED) is 0.774. The van der Waals surface area contributed by atoms with Crippen molar-refractivity contribution in [1.29, 1.82) is 0 Å². The summed E-state index contributed by atoms with van der Waals surface area (Å²) < 4.78 is 0. The topological polar surface area (TPSA) is 57.5 Å². The van der Waals surface area contributed by atoms with E-state index in [0.717, 1.165) is 10.5 Å². The molecule has 1 unspecified atom stereocenters. The fourth-order valence-corrected chi connectivity index (χ4v) is 1.99. The first-order valence-corrected chi connectivity index (χ1v) is 5.86. The zero-order valence-corrected chi connectivity index (χ0v) is 9.54. The summed E-state index contributed by atoms with van der Waals surface area (Å²) in [6, 6.07) is 5.23. The lowest BCUT2D eigenvalue weighted by Crippen LogP contribution is -2.12. The van der Waals surface area contributed by atoms with E-state index < -0.39 is 11.9 Å². The third kappa shape index (κ3) is 2.89. The van der Waals surface area contributed by atoms with Gasteiger partial charge < -0.3 is 10.2 Å². The van der Waals surface area contributed by atoms with Gasteiger partial charge in [0.25, 0.3) is 0 Å². The van der Waals surface area contributed by atoms with Gasteiger partial charge >= 0.3 is 5.97 Å². The van der Waals surface area contributed by atoms with E-state index in [0.29, 0.717) is 6.42 Å². The number of aliphatic carboxylic acids is 1. The number of phenolic OH excluding ortho intramolecular Hbond substituents is 1. The van der Waals surface area contributed by atoms with Gasteiger partial charge in [0.1, 0.15) is 5.75 Å². The highest BCUT2D eigenvalue weighted by molar-refractivity contribution is 7.98. The average molecular weight is 226 g/mol. The van der Waals surface area contributed by atoms with Crippen molar-refractivity contribution in [3.05, 3.63) is 23.8 Å². The first kappa shape index (κ1) is 11.9. The van der Waals surface area contributed by atoms with Gasteiger partial charge in [0.2, 0.25) is 0 Å². The van der Waals surface area contributed by atoms with Gasteiger partial charge in [-0.3, -0.25) is 4.79 Å². The number of carboxylic acid groups (broad SMARTS) is 1. The molecule has 1 aromatic carbocycles. The highest BCUT2D eigenvalue weighted by atomic mass is 32.2. The molecule has 1 atom stereocenters. The van der Waals surface area contributed by atoms with Gasteiger partial charge in [-0.15, -0.1) is 11.8 Å². The van der Waals surface area contributed by atoms with Crippen molar-refractivity contribution in [2.24, 2.45) is 5.92 Å². The summed E-state index contributed by atoms with van der Waals surface area (Å²) in [6.45, 7) is 1.64. The molecule has 0 saturated heterocycles. The summed E-state index contributed by atoms with van der Waals surface area (Å²) in [6.07, 6.45) is 2.27. The van der Waals surface area contributed by atoms with Gasteiger partial charge in [-0.05, 0) is 24.8 Å². The maximum absolute atomic E-state index is 10.7. The Balaban J connectivity index is 2.97. The number of benzene rings is 1. The highest BCUT2D eigenvalue weighted by Crippen LogP contribution is 2.30. The third-order valence-corrected chi connectivity index (χ3v) is 3.08. The van der Waals surface area contributed by atoms with Gasteiger partial charge in [-0.25, -0.2) is 0 Å². The van der Waals surface area contributed by atoms with Crippen molar-refractivity contribution in [1.82, 2.24) is 0 Å². The Morgan fingerprint density at radius 2 is 2.20 bits per heavy atom. The fraction of sp³-hybridized carbons (Fsp3) is 0.364. The molecule has 0 saturated carbocycles. The highest BCUT2D eigenvalue weighted by Gasteiger charge is 2.16. The summed E-state index contributed by atoms with van der Waals surface area (Å²) in [5, 5.41) is 18.5. The molecule has 0 amide bonds. The van der Waals surface area contributed by atoms with Crippen LogP contribution in [0.5, 0.6) is 5.75 Å². The number of aromatic hydroxyl groups is 1. The summed E-state index contributed by atoms with van der Waals surface area (Å²) >= 11 is 1.51. The number of rotatable bonds is 4. The van der Waals surface area contributed by atoms with Gasteiger partial charge in [0.15, 0.2) is 0 Å². The zero-order chi connectivity index (χ0) is 11.4. The number of hydrogen-bond donors (Lipinski definition) is 2. The molecule has 0 aliphatic rings. The molecule has 1 aromatic rings. The molecule has 0 aliphatic carbocycles. The van der Waals surface area contributed by atoms with Crippen LogP contribution in [0.1, 0.15) is 12.5 Å². The molecule has 2 N–H and O–H groups in total. The van der Waals surface area contributed by atoms with Crippen molar-refractivity contribution >= 4 is 17.7 Å². The van der Waals surface area contributed by atoms with Crippen LogP contribution < -0.4 is 0 Å². The summed E-state index contributed by atoms with van der Waals surface area (Å²) in [5.74, 6) is -1.15. The zero-order valence-electron chi connectivity index (χ0n) is 8.73. The Labute approximate surface area is 93.1 Å². The minimum absolute atomic E-state index is 0.176. The van der Waals surface area contributed by atoms with Crippen LogP contribution in [0.3, 0.4) is 0 Å². The number of thioether (sulfide) groups is 1. The minimum Gasteiger partial charge on any atom is -0.508 e. The lowest BCUT2D eigenvalue weighted by atomic mass is 10.0. The molecule has 1 rings (SSSR count). The Bertz CT molecular complexity index is 363. The Morgan fingerprint density at radius 1 is 1.53 bits per heavy atom. The molecule has 0 fully saturated rings. The smallest absolute Gasteiger partial charge is 0.306 e. The van der Waals surface area contributed by atoms with Gasteiger partial charge in [0, 0.05) is 10.5 Å². The molecule has 4 heteroatoms. The van der Waals surface area contributed by atoms with E-state index in [1.807, 2.05) is 12.3 Å². The van der Waals surface area contributed by atoms with Crippen molar-refractivity contribution in [2.75, 3.05) is 6.26 Å². The normalized spacial score (nSPS) is 12.4. The van der Waals surface area contributed by atoms with E-state index in [2.05, 4.69) is 0 Å². The fourth-order valence-electron chi connectivity index (χ4n) is 1.34. The van der Waals surface area contributed by atoms with E-state index in [1.54, 1.807) is 19.1 Å². The van der Waals surface area contributed by atoms with E-state index in [1.165, 1.54) is 11.8 Å². The van der Waals surface area contributed by atoms with E-state index in [9.17, 15) is 9.90 Å². The second kappa shape index (κ2) is 5.07. The molecule has 0 heterocycles. The van der Waals surface area contributed by atoms with Crippen LogP contribution in [0.25, 0.3) is 0 Å². The maximum atomic E-state index is 10.7. The first-order valence-electron chi connectivity index (χ1n) is 4.64. The Kier molecular flexibility index (Phi) is 4.03. The van der Waals surface area contributed by atoms with E-state index in [4.69, 9.17) is 5.11 Å². The molecule has 0 aliphatic heterocycles. The van der Waals surface area contributed by atoms with Crippen LogP contribution in [0.2, 0.25) is 0 Å². The van der Waals surface area contributed by atoms with Crippen LogP contribution in [0.15, 0.2) is 23.1 Å². The standard InChI is InChI=1S/C11H14O3S/c1-7(11(13)14)6-8-9(12)4-3-5-10(8)15-2/h3-5,7,12H,6H2,1-2H3,(H,13,14). The Hall–Kier alpha value is -1.16. The molecular weight excluding hydrogens is 212 g/mol. The minimum atomic E-state index is -0.842. The molecule has 0 aromatic heterocycles. The summed E-state index contributed by atoms with van der Waals surface area (Å²) in [7, 11) is 0. The number of carbonyl (C=O) groups is 1. The maximum Gasteiger partial charge on any atom is 0.306 e. The SMILES string of the molecule is CSc1cccc(O)c1CC(C)C(=O)O. The van der Waals surface area contributed by atoms with Crippen molar-refractivity contribution in [2.45, 2.75) is 18.2 Å². The Morgan fingerprint density at radius 3 is 2.73 bits per heavy atom. The lowest BCUT2D eigenvalue weighted by molar-refractivity contribution is -0.141. The predicted molar refractivity (Wildman–Crippen MR) is 60.4 cm³/mol. The van der Waals surface area contributed by atoms with Crippen LogP contribution >= 0.6 is 11.8 Å². The van der Waals surface area contributed by atoms with Crippen molar-refractivity contribution in [3.8, 4) is 5.75 Å². The van der Waals surface area contributed by atoms with Crippen LogP contribution in [-0.2, 0) is 11.2 Å². The number of phenols is 1. The lowest BCUT2D eigenvalue weighted by Gasteiger charge is -2.11. The molecule has 15 heavy (non-hydrogen) atoms. The molecule has 0 bridgehead atoms. The van der Waals surface area contributed by atoms with Gasteiger partial charge in [-0.2, -0.15) is 0 Å². The van der Waals surface area contributed by atoms with Crippen LogP contribution in [0, 0.1) is 5.92 Å². The van der Waals surface area contributed by atoms with Gasteiger partial charge in [-0.1, -0.05) is 13.0 Å². The third-order valence-electron chi connectivity index (χ3n) is 2.26. The molecular formula is C11H14O3S. The summed E-state index contributed by atoms with van der Waals surface area (Å²) in [4.78, 5) is 11.7. The average Bonchev–Trinajstić information content (AvgIpc) is 2.20. The van der Waals surface area contributed by atoms with E-state index >= 15 is 0 Å². The number of carboxylic acids is 1. The first-order chi connectivity index (χ1) is 7.06. The monoisotopic (exact) mass is 226 g/mol. The van der Waals surface area contributed by atoms with Crippen molar-refractivity contribution < 1.29 is 15.0 Å². The second-order valence-electron chi connectivity index (χ2n) is 3.40. The summed E-state index contributed by atoms with van der Waals surface area (Å²) in [5.41, 5.74) is 0.722. The largest absolute Gasteiger partial charge is 0.508 e. The molecule has 82 valence electrons. The molecule has 0 spiro atoms. The van der Waals surface area contributed by atoms with Crippen molar-refractivity contribution in [3.63, 3.8) is 0 Å². The molecule has 0 radical (unpaired) electrons. The molecule has 3 nitrogen and oxygen atoms in total. The van der Waals surface area contributed by atoms with Crippen LogP contribution in [0.4, 0.5) is 0 Å².